The maximum Gasteiger partial charge on any atom is 0.241 e. The first-order valence-electron chi connectivity index (χ1n) is 5.97. The summed E-state index contributed by atoms with van der Waals surface area (Å²) < 4.78 is 32.3. The van der Waals surface area contributed by atoms with Crippen LogP contribution in [0.3, 0.4) is 0 Å². The summed E-state index contributed by atoms with van der Waals surface area (Å²) in [5.41, 5.74) is 5.51. The number of hydrogen-bond donors (Lipinski definition) is 3. The standard InChI is InChI=1S/C13H16N2O4S/c1-8-3-6-13(19-8)9(2)15-20(17,18)10-4-5-12(16)11(14)7-10/h3-7,9,15-16H,14H2,1-2H3. The number of nitrogens with one attached hydrogen (secondary N) is 1. The third-order valence-electron chi connectivity index (χ3n) is 2.83. The number of hydrogen-bond acceptors (Lipinski definition) is 5. The molecule has 20 heavy (non-hydrogen) atoms. The smallest absolute Gasteiger partial charge is 0.241 e. The van der Waals surface area contributed by atoms with Gasteiger partial charge >= 0.3 is 0 Å². The molecule has 0 aliphatic rings. The first-order chi connectivity index (χ1) is 9.29. The zero-order valence-corrected chi connectivity index (χ0v) is 11.9. The molecular weight excluding hydrogens is 280 g/mol. The third kappa shape index (κ3) is 2.94. The van der Waals surface area contributed by atoms with Crippen LogP contribution >= 0.6 is 0 Å². The molecule has 0 saturated carbocycles. The van der Waals surface area contributed by atoms with Crippen LogP contribution in [-0.2, 0) is 10.0 Å². The molecule has 0 fully saturated rings. The minimum absolute atomic E-state index is 0.00868. The summed E-state index contributed by atoms with van der Waals surface area (Å²) in [6.45, 7) is 3.46. The van der Waals surface area contributed by atoms with E-state index in [0.717, 1.165) is 0 Å². The highest BCUT2D eigenvalue weighted by Crippen LogP contribution is 2.24. The average molecular weight is 296 g/mol. The Labute approximate surface area is 117 Å². The van der Waals surface area contributed by atoms with Gasteiger partial charge in [0.2, 0.25) is 10.0 Å². The summed E-state index contributed by atoms with van der Waals surface area (Å²) in [7, 11) is -3.74. The Morgan fingerprint density at radius 1 is 1.30 bits per heavy atom. The maximum atomic E-state index is 12.2. The number of nitrogen functional groups attached to an aromatic ring is 1. The fraction of sp³-hybridized carbons (Fsp3) is 0.231. The van der Waals surface area contributed by atoms with Gasteiger partial charge in [-0.1, -0.05) is 0 Å². The highest BCUT2D eigenvalue weighted by atomic mass is 32.2. The summed E-state index contributed by atoms with van der Waals surface area (Å²) in [5.74, 6) is 1.08. The fourth-order valence-electron chi connectivity index (χ4n) is 1.74. The monoisotopic (exact) mass is 296 g/mol. The number of phenols is 1. The van der Waals surface area contributed by atoms with Crippen molar-refractivity contribution in [2.45, 2.75) is 24.8 Å². The van der Waals surface area contributed by atoms with Gasteiger partial charge in [0.15, 0.2) is 0 Å². The Morgan fingerprint density at radius 2 is 2.00 bits per heavy atom. The van der Waals surface area contributed by atoms with Gasteiger partial charge in [-0.25, -0.2) is 13.1 Å². The van der Waals surface area contributed by atoms with Gasteiger partial charge in [-0.05, 0) is 44.2 Å². The maximum absolute atomic E-state index is 12.2. The fourth-order valence-corrected chi connectivity index (χ4v) is 2.99. The molecule has 1 unspecified atom stereocenters. The van der Waals surface area contributed by atoms with Crippen molar-refractivity contribution in [3.8, 4) is 5.75 Å². The Bertz CT molecular complexity index is 722. The summed E-state index contributed by atoms with van der Waals surface area (Å²) in [6.07, 6.45) is 0. The van der Waals surface area contributed by atoms with E-state index in [1.54, 1.807) is 26.0 Å². The van der Waals surface area contributed by atoms with E-state index < -0.39 is 16.1 Å². The van der Waals surface area contributed by atoms with E-state index in [9.17, 15) is 13.5 Å². The molecule has 2 aromatic rings. The lowest BCUT2D eigenvalue weighted by Crippen LogP contribution is -2.26. The van der Waals surface area contributed by atoms with Gasteiger partial charge in [0.05, 0.1) is 16.6 Å². The number of aromatic hydroxyl groups is 1. The van der Waals surface area contributed by atoms with Crippen LogP contribution in [-0.4, -0.2) is 13.5 Å². The minimum Gasteiger partial charge on any atom is -0.506 e. The van der Waals surface area contributed by atoms with E-state index in [4.69, 9.17) is 10.2 Å². The first-order valence-corrected chi connectivity index (χ1v) is 7.45. The van der Waals surface area contributed by atoms with E-state index in [0.29, 0.717) is 11.5 Å². The lowest BCUT2D eigenvalue weighted by atomic mass is 10.3. The van der Waals surface area contributed by atoms with Crippen LogP contribution in [0, 0.1) is 6.92 Å². The average Bonchev–Trinajstić information content (AvgIpc) is 2.79. The van der Waals surface area contributed by atoms with Crippen molar-refractivity contribution in [1.29, 1.82) is 0 Å². The van der Waals surface area contributed by atoms with Gasteiger partial charge in [0, 0.05) is 0 Å². The van der Waals surface area contributed by atoms with Crippen molar-refractivity contribution in [3.05, 3.63) is 41.9 Å². The van der Waals surface area contributed by atoms with Crippen LogP contribution in [0.4, 0.5) is 5.69 Å². The molecule has 0 spiro atoms. The number of anilines is 1. The Morgan fingerprint density at radius 3 is 2.55 bits per heavy atom. The van der Waals surface area contributed by atoms with E-state index in [-0.39, 0.29) is 16.3 Å². The number of rotatable bonds is 4. The zero-order chi connectivity index (χ0) is 14.9. The molecule has 6 nitrogen and oxygen atoms in total. The molecular formula is C13H16N2O4S. The number of aryl methyl sites for hydroxylation is 1. The van der Waals surface area contributed by atoms with Crippen LogP contribution in [0.1, 0.15) is 24.5 Å². The quantitative estimate of drug-likeness (QED) is 0.590. The molecule has 0 radical (unpaired) electrons. The van der Waals surface area contributed by atoms with Crippen LogP contribution in [0.5, 0.6) is 5.75 Å². The lowest BCUT2D eigenvalue weighted by molar-refractivity contribution is 0.441. The predicted octanol–water partition coefficient (Wildman–Crippen LogP) is 1.92. The first kappa shape index (κ1) is 14.4. The third-order valence-corrected chi connectivity index (χ3v) is 4.37. The van der Waals surface area contributed by atoms with Gasteiger partial charge in [-0.2, -0.15) is 0 Å². The predicted molar refractivity (Wildman–Crippen MR) is 74.7 cm³/mol. The van der Waals surface area contributed by atoms with Gasteiger partial charge in [0.25, 0.3) is 0 Å². The highest BCUT2D eigenvalue weighted by Gasteiger charge is 2.20. The molecule has 2 rings (SSSR count). The normalized spacial score (nSPS) is 13.3. The molecule has 4 N–H and O–H groups in total. The van der Waals surface area contributed by atoms with E-state index in [1.165, 1.54) is 18.2 Å². The number of sulfonamides is 1. The van der Waals surface area contributed by atoms with Crippen molar-refractivity contribution in [2.24, 2.45) is 0 Å². The van der Waals surface area contributed by atoms with Crippen molar-refractivity contribution < 1.29 is 17.9 Å². The second-order valence-corrected chi connectivity index (χ2v) is 6.23. The lowest BCUT2D eigenvalue weighted by Gasteiger charge is -2.12. The zero-order valence-electron chi connectivity index (χ0n) is 11.1. The Balaban J connectivity index is 2.24. The van der Waals surface area contributed by atoms with Crippen molar-refractivity contribution in [1.82, 2.24) is 4.72 Å². The van der Waals surface area contributed by atoms with E-state index in [2.05, 4.69) is 4.72 Å². The largest absolute Gasteiger partial charge is 0.506 e. The topological polar surface area (TPSA) is 106 Å². The molecule has 108 valence electrons. The second kappa shape index (κ2) is 5.18. The molecule has 7 heteroatoms. The molecule has 0 saturated heterocycles. The van der Waals surface area contributed by atoms with Gasteiger partial charge in [-0.3, -0.25) is 0 Å². The van der Waals surface area contributed by atoms with Gasteiger partial charge in [-0.15, -0.1) is 0 Å². The SMILES string of the molecule is Cc1ccc(C(C)NS(=O)(=O)c2ccc(O)c(N)c2)o1. The van der Waals surface area contributed by atoms with Crippen molar-refractivity contribution in [2.75, 3.05) is 5.73 Å². The molecule has 1 aromatic heterocycles. The second-order valence-electron chi connectivity index (χ2n) is 4.51. The summed E-state index contributed by atoms with van der Waals surface area (Å²) in [4.78, 5) is -0.0112. The van der Waals surface area contributed by atoms with Crippen LogP contribution < -0.4 is 10.5 Å². The number of benzene rings is 1. The van der Waals surface area contributed by atoms with Crippen LogP contribution in [0.2, 0.25) is 0 Å². The number of furan rings is 1. The van der Waals surface area contributed by atoms with Gasteiger partial charge < -0.3 is 15.3 Å². The van der Waals surface area contributed by atoms with E-state index in [1.807, 2.05) is 0 Å². The van der Waals surface area contributed by atoms with Crippen molar-refractivity contribution >= 4 is 15.7 Å². The molecule has 0 aliphatic carbocycles. The molecule has 0 aliphatic heterocycles. The Hall–Kier alpha value is -1.99. The van der Waals surface area contributed by atoms with Gasteiger partial charge in [0.1, 0.15) is 17.3 Å². The van der Waals surface area contributed by atoms with Crippen LogP contribution in [0.25, 0.3) is 0 Å². The number of nitrogens with two attached hydrogens (primary N) is 1. The Kier molecular flexibility index (Phi) is 3.74. The summed E-state index contributed by atoms with van der Waals surface area (Å²) >= 11 is 0. The number of phenolic OH excluding ortho intramolecular Hbond substituents is 1. The minimum atomic E-state index is -3.74. The summed E-state index contributed by atoms with van der Waals surface area (Å²) in [6, 6.07) is 6.70. The molecule has 0 bridgehead atoms. The van der Waals surface area contributed by atoms with Crippen molar-refractivity contribution in [3.63, 3.8) is 0 Å². The molecule has 1 heterocycles. The van der Waals surface area contributed by atoms with Crippen LogP contribution in [0.15, 0.2) is 39.6 Å². The molecule has 0 amide bonds. The summed E-state index contributed by atoms with van der Waals surface area (Å²) in [5, 5.41) is 9.32. The molecule has 1 atom stereocenters. The highest BCUT2D eigenvalue weighted by molar-refractivity contribution is 7.89. The van der Waals surface area contributed by atoms with E-state index >= 15 is 0 Å². The molecule has 1 aromatic carbocycles.